The molecule has 3 heterocycles. The molecule has 0 saturated carbocycles. The molecule has 0 aliphatic carbocycles. The van der Waals surface area contributed by atoms with Gasteiger partial charge in [0.2, 0.25) is 11.8 Å². The number of sulfone groups is 1. The molecule has 0 aromatic carbocycles. The number of rotatable bonds is 4. The zero-order chi connectivity index (χ0) is 15.7. The molecule has 8 nitrogen and oxygen atoms in total. The number of likely N-dealkylation sites (tertiary alicyclic amines) is 1. The topological polar surface area (TPSA) is 105 Å². The second kappa shape index (κ2) is 5.96. The van der Waals surface area contributed by atoms with Crippen LogP contribution in [0.25, 0.3) is 0 Å². The number of aromatic nitrogens is 2. The minimum Gasteiger partial charge on any atom is -0.351 e. The summed E-state index contributed by atoms with van der Waals surface area (Å²) in [6.45, 7) is 2.77. The SMILES string of the molecule is Cc1nc([C@@H]2CCCN2CC(=O)N[C@@H]2CCS(=O)(=O)C2)no1. The van der Waals surface area contributed by atoms with Gasteiger partial charge in [0.1, 0.15) is 0 Å². The monoisotopic (exact) mass is 328 g/mol. The van der Waals surface area contributed by atoms with Crippen LogP contribution in [0.5, 0.6) is 0 Å². The maximum absolute atomic E-state index is 12.1. The third-order valence-corrected chi connectivity index (χ3v) is 5.92. The molecule has 2 aliphatic rings. The third-order valence-electron chi connectivity index (χ3n) is 4.15. The van der Waals surface area contributed by atoms with Gasteiger partial charge in [0.25, 0.3) is 0 Å². The second-order valence-corrected chi connectivity index (χ2v) is 8.20. The van der Waals surface area contributed by atoms with E-state index in [4.69, 9.17) is 4.52 Å². The number of nitrogens with one attached hydrogen (secondary N) is 1. The van der Waals surface area contributed by atoms with Crippen molar-refractivity contribution in [3.63, 3.8) is 0 Å². The van der Waals surface area contributed by atoms with Crippen LogP contribution in [0.1, 0.15) is 37.0 Å². The second-order valence-electron chi connectivity index (χ2n) is 5.97. The lowest BCUT2D eigenvalue weighted by Gasteiger charge is -2.22. The van der Waals surface area contributed by atoms with E-state index < -0.39 is 9.84 Å². The van der Waals surface area contributed by atoms with E-state index in [1.807, 2.05) is 4.90 Å². The van der Waals surface area contributed by atoms with Crippen molar-refractivity contribution < 1.29 is 17.7 Å². The van der Waals surface area contributed by atoms with Gasteiger partial charge in [-0.15, -0.1) is 0 Å². The number of nitrogens with zero attached hydrogens (tertiary/aromatic N) is 3. The van der Waals surface area contributed by atoms with Crippen molar-refractivity contribution >= 4 is 15.7 Å². The molecule has 2 aliphatic heterocycles. The van der Waals surface area contributed by atoms with Crippen LogP contribution in [0.4, 0.5) is 0 Å². The van der Waals surface area contributed by atoms with Crippen molar-refractivity contribution in [2.75, 3.05) is 24.6 Å². The first-order valence-electron chi connectivity index (χ1n) is 7.47. The van der Waals surface area contributed by atoms with Crippen LogP contribution >= 0.6 is 0 Å². The van der Waals surface area contributed by atoms with Crippen LogP contribution < -0.4 is 5.32 Å². The van der Waals surface area contributed by atoms with Gasteiger partial charge in [-0.25, -0.2) is 8.42 Å². The minimum absolute atomic E-state index is 0.00416. The average molecular weight is 328 g/mol. The van der Waals surface area contributed by atoms with Crippen molar-refractivity contribution in [3.05, 3.63) is 11.7 Å². The summed E-state index contributed by atoms with van der Waals surface area (Å²) in [5.74, 6) is 1.20. The van der Waals surface area contributed by atoms with Gasteiger partial charge in [-0.2, -0.15) is 4.98 Å². The van der Waals surface area contributed by atoms with E-state index in [0.29, 0.717) is 18.1 Å². The molecule has 2 atom stereocenters. The third kappa shape index (κ3) is 3.46. The molecule has 1 amide bonds. The highest BCUT2D eigenvalue weighted by atomic mass is 32.2. The van der Waals surface area contributed by atoms with Crippen LogP contribution in [0, 0.1) is 6.92 Å². The number of hydrogen-bond donors (Lipinski definition) is 1. The predicted molar refractivity (Wildman–Crippen MR) is 77.8 cm³/mol. The Morgan fingerprint density at radius 3 is 2.91 bits per heavy atom. The summed E-state index contributed by atoms with van der Waals surface area (Å²) in [6, 6.07) is -0.263. The molecule has 1 aromatic rings. The fraction of sp³-hybridized carbons (Fsp3) is 0.769. The molecule has 1 N–H and O–H groups in total. The van der Waals surface area contributed by atoms with Crippen LogP contribution in [0.15, 0.2) is 4.52 Å². The molecule has 9 heteroatoms. The minimum atomic E-state index is -2.98. The normalized spacial score (nSPS) is 28.0. The van der Waals surface area contributed by atoms with Crippen LogP contribution in [0.2, 0.25) is 0 Å². The number of hydrogen-bond acceptors (Lipinski definition) is 7. The van der Waals surface area contributed by atoms with Gasteiger partial charge < -0.3 is 9.84 Å². The number of amides is 1. The lowest BCUT2D eigenvalue weighted by atomic mass is 10.2. The van der Waals surface area contributed by atoms with Gasteiger partial charge >= 0.3 is 0 Å². The van der Waals surface area contributed by atoms with Crippen molar-refractivity contribution in [3.8, 4) is 0 Å². The Kier molecular flexibility index (Phi) is 4.18. The predicted octanol–water partition coefficient (Wildman–Crippen LogP) is -0.182. The van der Waals surface area contributed by atoms with Gasteiger partial charge in [0, 0.05) is 13.0 Å². The molecule has 2 saturated heterocycles. The van der Waals surface area contributed by atoms with Gasteiger partial charge in [-0.1, -0.05) is 5.16 Å². The standard InChI is InChI=1S/C13H20N4O4S/c1-9-14-13(16-21-9)11-3-2-5-17(11)7-12(18)15-10-4-6-22(19,20)8-10/h10-11H,2-8H2,1H3,(H,15,18)/t10-,11+/m1/s1. The van der Waals surface area contributed by atoms with E-state index in [1.165, 1.54) is 0 Å². The Labute approximate surface area is 129 Å². The summed E-state index contributed by atoms with van der Waals surface area (Å²) in [5.41, 5.74) is 0. The number of carbonyl (C=O) groups excluding carboxylic acids is 1. The molecule has 0 spiro atoms. The Hall–Kier alpha value is -1.48. The van der Waals surface area contributed by atoms with E-state index in [1.54, 1.807) is 6.92 Å². The molecule has 1 aromatic heterocycles. The first kappa shape index (κ1) is 15.4. The Balaban J connectivity index is 1.56. The molecule has 22 heavy (non-hydrogen) atoms. The molecule has 3 rings (SSSR count). The Morgan fingerprint density at radius 2 is 2.27 bits per heavy atom. The summed E-state index contributed by atoms with van der Waals surface area (Å²) in [6.07, 6.45) is 2.37. The lowest BCUT2D eigenvalue weighted by molar-refractivity contribution is -0.123. The first-order chi connectivity index (χ1) is 10.4. The largest absolute Gasteiger partial charge is 0.351 e. The average Bonchev–Trinajstić information content (AvgIpc) is 3.11. The van der Waals surface area contributed by atoms with Gasteiger partial charge in [-0.05, 0) is 25.8 Å². The zero-order valence-corrected chi connectivity index (χ0v) is 13.3. The van der Waals surface area contributed by atoms with Crippen molar-refractivity contribution in [2.45, 2.75) is 38.3 Å². The summed E-state index contributed by atoms with van der Waals surface area (Å²) in [5, 5.41) is 6.75. The highest BCUT2D eigenvalue weighted by Crippen LogP contribution is 2.29. The highest BCUT2D eigenvalue weighted by Gasteiger charge is 2.33. The Morgan fingerprint density at radius 1 is 1.45 bits per heavy atom. The van der Waals surface area contributed by atoms with Gasteiger partial charge in [0.05, 0.1) is 24.1 Å². The molecule has 0 unspecified atom stereocenters. The molecular formula is C13H20N4O4S. The van der Waals surface area contributed by atoms with Crippen LogP contribution in [-0.2, 0) is 14.6 Å². The van der Waals surface area contributed by atoms with E-state index in [2.05, 4.69) is 15.5 Å². The zero-order valence-electron chi connectivity index (χ0n) is 12.5. The molecule has 2 fully saturated rings. The van der Waals surface area contributed by atoms with Crippen molar-refractivity contribution in [1.82, 2.24) is 20.4 Å². The van der Waals surface area contributed by atoms with Crippen molar-refractivity contribution in [1.29, 1.82) is 0 Å². The number of carbonyl (C=O) groups is 1. The summed E-state index contributed by atoms with van der Waals surface area (Å²) < 4.78 is 27.8. The number of aryl methyl sites for hydroxylation is 1. The highest BCUT2D eigenvalue weighted by molar-refractivity contribution is 7.91. The van der Waals surface area contributed by atoms with E-state index in [-0.39, 0.29) is 36.0 Å². The van der Waals surface area contributed by atoms with E-state index in [9.17, 15) is 13.2 Å². The molecular weight excluding hydrogens is 308 g/mol. The van der Waals surface area contributed by atoms with Crippen LogP contribution in [-0.4, -0.2) is 60.0 Å². The van der Waals surface area contributed by atoms with Crippen LogP contribution in [0.3, 0.4) is 0 Å². The Bertz CT molecular complexity index is 657. The molecule has 122 valence electrons. The molecule has 0 bridgehead atoms. The summed E-state index contributed by atoms with van der Waals surface area (Å²) in [4.78, 5) is 18.4. The quantitative estimate of drug-likeness (QED) is 0.817. The van der Waals surface area contributed by atoms with E-state index >= 15 is 0 Å². The van der Waals surface area contributed by atoms with Gasteiger partial charge in [0.15, 0.2) is 15.7 Å². The summed E-state index contributed by atoms with van der Waals surface area (Å²) >= 11 is 0. The maximum Gasteiger partial charge on any atom is 0.234 e. The molecule has 0 radical (unpaired) electrons. The lowest BCUT2D eigenvalue weighted by Crippen LogP contribution is -2.42. The van der Waals surface area contributed by atoms with Crippen molar-refractivity contribution in [2.24, 2.45) is 0 Å². The summed E-state index contributed by atoms with van der Waals surface area (Å²) in [7, 11) is -2.98. The first-order valence-corrected chi connectivity index (χ1v) is 9.29. The van der Waals surface area contributed by atoms with Gasteiger partial charge in [-0.3, -0.25) is 9.69 Å². The maximum atomic E-state index is 12.1. The fourth-order valence-corrected chi connectivity index (χ4v) is 4.80. The fourth-order valence-electron chi connectivity index (χ4n) is 3.12. The van der Waals surface area contributed by atoms with E-state index in [0.717, 1.165) is 19.4 Å². The smallest absolute Gasteiger partial charge is 0.234 e.